The van der Waals surface area contributed by atoms with Crippen LogP contribution < -0.4 is 5.73 Å². The minimum absolute atomic E-state index is 0.695. The van der Waals surface area contributed by atoms with E-state index in [4.69, 9.17) is 22.3 Å². The second-order valence-electron chi connectivity index (χ2n) is 4.55. The molecule has 102 valence electrons. The molecule has 0 bridgehead atoms. The molecule has 0 aliphatic heterocycles. The van der Waals surface area contributed by atoms with Gasteiger partial charge in [0, 0.05) is 27.3 Å². The van der Waals surface area contributed by atoms with Gasteiger partial charge in [-0.2, -0.15) is 0 Å². The van der Waals surface area contributed by atoms with Gasteiger partial charge in [-0.3, -0.25) is 0 Å². The summed E-state index contributed by atoms with van der Waals surface area (Å²) in [6.45, 7) is 2.94. The lowest BCUT2D eigenvalue weighted by molar-refractivity contribution is 0.796. The van der Waals surface area contributed by atoms with Crippen molar-refractivity contribution in [3.8, 4) is 11.4 Å². The standard InChI is InChI=1S/C15H13BrClN3/c1-2-20-14-6-4-10(17)8-13(14)19-15(20)9-3-5-11(16)12(18)7-9/h3-8H,2,18H2,1H3. The van der Waals surface area contributed by atoms with E-state index in [2.05, 4.69) is 27.4 Å². The fourth-order valence-electron chi connectivity index (χ4n) is 2.33. The second kappa shape index (κ2) is 5.11. The van der Waals surface area contributed by atoms with Crippen molar-refractivity contribution in [1.29, 1.82) is 0 Å². The van der Waals surface area contributed by atoms with E-state index in [0.717, 1.165) is 33.4 Å². The van der Waals surface area contributed by atoms with Gasteiger partial charge >= 0.3 is 0 Å². The van der Waals surface area contributed by atoms with E-state index >= 15 is 0 Å². The van der Waals surface area contributed by atoms with Gasteiger partial charge in [0.2, 0.25) is 0 Å². The van der Waals surface area contributed by atoms with Gasteiger partial charge in [0.05, 0.1) is 11.0 Å². The molecule has 0 radical (unpaired) electrons. The lowest BCUT2D eigenvalue weighted by atomic mass is 10.2. The minimum Gasteiger partial charge on any atom is -0.398 e. The molecule has 20 heavy (non-hydrogen) atoms. The van der Waals surface area contributed by atoms with Crippen LogP contribution in [0, 0.1) is 0 Å². The number of halogens is 2. The van der Waals surface area contributed by atoms with Gasteiger partial charge in [0.25, 0.3) is 0 Å². The Morgan fingerprint density at radius 3 is 2.75 bits per heavy atom. The van der Waals surface area contributed by atoms with Crippen LogP contribution in [0.1, 0.15) is 6.92 Å². The van der Waals surface area contributed by atoms with Crippen LogP contribution in [0.4, 0.5) is 5.69 Å². The number of benzene rings is 2. The molecule has 0 fully saturated rings. The second-order valence-corrected chi connectivity index (χ2v) is 5.84. The maximum absolute atomic E-state index is 6.04. The first kappa shape index (κ1) is 13.5. The number of aryl methyl sites for hydroxylation is 1. The smallest absolute Gasteiger partial charge is 0.141 e. The van der Waals surface area contributed by atoms with Crippen molar-refractivity contribution in [1.82, 2.24) is 9.55 Å². The van der Waals surface area contributed by atoms with Gasteiger partial charge in [-0.25, -0.2) is 4.98 Å². The molecule has 0 saturated carbocycles. The first-order valence-electron chi connectivity index (χ1n) is 6.31. The molecule has 0 aliphatic rings. The van der Waals surface area contributed by atoms with Crippen LogP contribution in [0.3, 0.4) is 0 Å². The molecule has 3 aromatic rings. The van der Waals surface area contributed by atoms with Crippen molar-refractivity contribution in [2.24, 2.45) is 0 Å². The third-order valence-electron chi connectivity index (χ3n) is 3.28. The third kappa shape index (κ3) is 2.19. The van der Waals surface area contributed by atoms with E-state index in [9.17, 15) is 0 Å². The Bertz CT molecular complexity index is 795. The molecule has 3 nitrogen and oxygen atoms in total. The van der Waals surface area contributed by atoms with E-state index in [1.165, 1.54) is 0 Å². The Kier molecular flexibility index (Phi) is 3.44. The number of aromatic nitrogens is 2. The number of hydrogen-bond donors (Lipinski definition) is 1. The van der Waals surface area contributed by atoms with Crippen molar-refractivity contribution in [2.45, 2.75) is 13.5 Å². The molecule has 0 spiro atoms. The molecular formula is C15H13BrClN3. The first-order valence-corrected chi connectivity index (χ1v) is 7.48. The Labute approximate surface area is 130 Å². The highest BCUT2D eigenvalue weighted by Crippen LogP contribution is 2.30. The monoisotopic (exact) mass is 349 g/mol. The number of anilines is 1. The van der Waals surface area contributed by atoms with Gasteiger partial charge in [-0.1, -0.05) is 11.6 Å². The molecule has 0 amide bonds. The van der Waals surface area contributed by atoms with Crippen molar-refractivity contribution in [3.63, 3.8) is 0 Å². The van der Waals surface area contributed by atoms with Gasteiger partial charge < -0.3 is 10.3 Å². The normalized spacial score (nSPS) is 11.2. The molecule has 2 N–H and O–H groups in total. The first-order chi connectivity index (χ1) is 9.60. The Morgan fingerprint density at radius 2 is 2.05 bits per heavy atom. The van der Waals surface area contributed by atoms with Crippen LogP contribution >= 0.6 is 27.5 Å². The molecule has 3 rings (SSSR count). The van der Waals surface area contributed by atoms with Crippen LogP contribution in [-0.4, -0.2) is 9.55 Å². The van der Waals surface area contributed by atoms with E-state index in [1.54, 1.807) is 0 Å². The molecule has 0 unspecified atom stereocenters. The largest absolute Gasteiger partial charge is 0.398 e. The van der Waals surface area contributed by atoms with Crippen molar-refractivity contribution in [3.05, 3.63) is 45.9 Å². The third-order valence-corrected chi connectivity index (χ3v) is 4.24. The van der Waals surface area contributed by atoms with Gasteiger partial charge in [0.1, 0.15) is 5.82 Å². The SMILES string of the molecule is CCn1c(-c2ccc(Br)c(N)c2)nc2cc(Cl)ccc21. The number of nitrogen functional groups attached to an aromatic ring is 1. The zero-order valence-electron chi connectivity index (χ0n) is 10.9. The molecule has 2 aromatic carbocycles. The number of rotatable bonds is 2. The predicted molar refractivity (Wildman–Crippen MR) is 88.0 cm³/mol. The number of hydrogen-bond acceptors (Lipinski definition) is 2. The summed E-state index contributed by atoms with van der Waals surface area (Å²) >= 11 is 9.45. The highest BCUT2D eigenvalue weighted by Gasteiger charge is 2.12. The summed E-state index contributed by atoms with van der Waals surface area (Å²) in [6.07, 6.45) is 0. The molecule has 0 atom stereocenters. The lowest BCUT2D eigenvalue weighted by Crippen LogP contribution is -1.98. The van der Waals surface area contributed by atoms with E-state index < -0.39 is 0 Å². The fourth-order valence-corrected chi connectivity index (χ4v) is 2.74. The molecular weight excluding hydrogens is 338 g/mol. The zero-order valence-corrected chi connectivity index (χ0v) is 13.2. The summed E-state index contributed by atoms with van der Waals surface area (Å²) in [7, 11) is 0. The highest BCUT2D eigenvalue weighted by molar-refractivity contribution is 9.10. The van der Waals surface area contributed by atoms with Crippen molar-refractivity contribution >= 4 is 44.3 Å². The Balaban J connectivity index is 2.26. The molecule has 0 saturated heterocycles. The van der Waals surface area contributed by atoms with Gasteiger partial charge in [-0.15, -0.1) is 0 Å². The maximum Gasteiger partial charge on any atom is 0.141 e. The topological polar surface area (TPSA) is 43.8 Å². The molecule has 1 heterocycles. The summed E-state index contributed by atoms with van der Waals surface area (Å²) in [5.74, 6) is 0.906. The van der Waals surface area contributed by atoms with Gasteiger partial charge in [-0.05, 0) is 59.3 Å². The molecule has 0 aliphatic carbocycles. The quantitative estimate of drug-likeness (QED) is 0.680. The fraction of sp³-hybridized carbons (Fsp3) is 0.133. The maximum atomic E-state index is 6.04. The van der Waals surface area contributed by atoms with E-state index in [1.807, 2.05) is 36.4 Å². The van der Waals surface area contributed by atoms with Crippen molar-refractivity contribution < 1.29 is 0 Å². The van der Waals surface area contributed by atoms with Crippen LogP contribution in [0.2, 0.25) is 5.02 Å². The predicted octanol–water partition coefficient (Wildman–Crippen LogP) is 4.72. The van der Waals surface area contributed by atoms with Crippen LogP contribution in [0.15, 0.2) is 40.9 Å². The van der Waals surface area contributed by atoms with E-state index in [0.29, 0.717) is 10.7 Å². The number of fused-ring (bicyclic) bond motifs is 1. The average Bonchev–Trinajstić information content (AvgIpc) is 2.79. The van der Waals surface area contributed by atoms with Crippen molar-refractivity contribution in [2.75, 3.05) is 5.73 Å². The molecule has 1 aromatic heterocycles. The highest BCUT2D eigenvalue weighted by atomic mass is 79.9. The average molecular weight is 351 g/mol. The van der Waals surface area contributed by atoms with Crippen LogP contribution in [-0.2, 0) is 6.54 Å². The Morgan fingerprint density at radius 1 is 1.25 bits per heavy atom. The summed E-state index contributed by atoms with van der Waals surface area (Å²) < 4.78 is 3.05. The van der Waals surface area contributed by atoms with E-state index in [-0.39, 0.29) is 0 Å². The molecule has 5 heteroatoms. The summed E-state index contributed by atoms with van der Waals surface area (Å²) in [5.41, 5.74) is 9.64. The zero-order chi connectivity index (χ0) is 14.3. The minimum atomic E-state index is 0.695. The summed E-state index contributed by atoms with van der Waals surface area (Å²) in [6, 6.07) is 11.7. The lowest BCUT2D eigenvalue weighted by Gasteiger charge is -2.07. The Hall–Kier alpha value is -1.52. The van der Waals surface area contributed by atoms with Crippen LogP contribution in [0.25, 0.3) is 22.4 Å². The number of imidazole rings is 1. The summed E-state index contributed by atoms with van der Waals surface area (Å²) in [5, 5.41) is 0.695. The number of nitrogens with two attached hydrogens (primary N) is 1. The number of nitrogens with zero attached hydrogens (tertiary/aromatic N) is 2. The summed E-state index contributed by atoms with van der Waals surface area (Å²) in [4.78, 5) is 4.69. The van der Waals surface area contributed by atoms with Crippen LogP contribution in [0.5, 0.6) is 0 Å². The van der Waals surface area contributed by atoms with Gasteiger partial charge in [0.15, 0.2) is 0 Å².